The highest BCUT2D eigenvalue weighted by molar-refractivity contribution is 6.02. The first-order valence-corrected chi connectivity index (χ1v) is 8.20. The highest BCUT2D eigenvalue weighted by Crippen LogP contribution is 2.25. The molecule has 0 N–H and O–H groups in total. The summed E-state index contributed by atoms with van der Waals surface area (Å²) >= 11 is 0. The molecule has 0 heterocycles. The normalized spacial score (nSPS) is 11.4. The van der Waals surface area contributed by atoms with E-state index in [1.165, 1.54) is 27.2 Å². The standard InChI is InChI=1S/C20H22O6/c1-5-25-15-8-6-14(7-9-15)19(21)13(2)26-20(22)17-11-10-16(23-3)12-18(17)24-4/h6-13H,5H2,1-4H3/t13-/m0/s1. The van der Waals surface area contributed by atoms with Crippen LogP contribution in [0.2, 0.25) is 0 Å². The van der Waals surface area contributed by atoms with Crippen LogP contribution >= 0.6 is 0 Å². The van der Waals surface area contributed by atoms with Crippen molar-refractivity contribution in [2.45, 2.75) is 20.0 Å². The molecule has 0 bridgehead atoms. The van der Waals surface area contributed by atoms with Crippen molar-refractivity contribution in [1.29, 1.82) is 0 Å². The van der Waals surface area contributed by atoms with Crippen molar-refractivity contribution in [2.24, 2.45) is 0 Å². The monoisotopic (exact) mass is 358 g/mol. The summed E-state index contributed by atoms with van der Waals surface area (Å²) in [5.74, 6) is 0.605. The summed E-state index contributed by atoms with van der Waals surface area (Å²) in [5.41, 5.74) is 0.662. The lowest BCUT2D eigenvalue weighted by molar-refractivity contribution is 0.0316. The van der Waals surface area contributed by atoms with Crippen molar-refractivity contribution < 1.29 is 28.5 Å². The van der Waals surface area contributed by atoms with Crippen LogP contribution in [0.1, 0.15) is 34.6 Å². The van der Waals surface area contributed by atoms with Crippen molar-refractivity contribution in [3.05, 3.63) is 53.6 Å². The third kappa shape index (κ3) is 4.53. The maximum absolute atomic E-state index is 12.5. The molecule has 26 heavy (non-hydrogen) atoms. The van der Waals surface area contributed by atoms with Gasteiger partial charge in [-0.2, -0.15) is 0 Å². The minimum atomic E-state index is -0.938. The number of ketones is 1. The second-order valence-corrected chi connectivity index (χ2v) is 5.44. The summed E-state index contributed by atoms with van der Waals surface area (Å²) in [6, 6.07) is 11.4. The molecule has 0 aliphatic rings. The summed E-state index contributed by atoms with van der Waals surface area (Å²) in [6.45, 7) is 3.96. The van der Waals surface area contributed by atoms with Crippen LogP contribution in [0, 0.1) is 0 Å². The maximum Gasteiger partial charge on any atom is 0.342 e. The first kappa shape index (κ1) is 19.3. The Labute approximate surface area is 152 Å². The van der Waals surface area contributed by atoms with Crippen LogP contribution in [0.5, 0.6) is 17.2 Å². The van der Waals surface area contributed by atoms with Crippen molar-refractivity contribution in [3.63, 3.8) is 0 Å². The summed E-state index contributed by atoms with van der Waals surface area (Å²) in [6.07, 6.45) is -0.938. The van der Waals surface area contributed by atoms with Crippen LogP contribution < -0.4 is 14.2 Å². The largest absolute Gasteiger partial charge is 0.497 e. The molecule has 2 aromatic rings. The van der Waals surface area contributed by atoms with Crippen LogP contribution in [-0.2, 0) is 4.74 Å². The van der Waals surface area contributed by atoms with Crippen molar-refractivity contribution in [3.8, 4) is 17.2 Å². The molecule has 0 radical (unpaired) electrons. The molecule has 0 aliphatic heterocycles. The van der Waals surface area contributed by atoms with Gasteiger partial charge in [0, 0.05) is 11.6 Å². The molecule has 6 heteroatoms. The topological polar surface area (TPSA) is 71.1 Å². The second kappa shape index (κ2) is 8.89. The summed E-state index contributed by atoms with van der Waals surface area (Å²) in [5, 5.41) is 0. The summed E-state index contributed by atoms with van der Waals surface area (Å²) in [4.78, 5) is 24.9. The molecule has 0 saturated carbocycles. The van der Waals surface area contributed by atoms with Gasteiger partial charge in [-0.3, -0.25) is 4.79 Å². The highest BCUT2D eigenvalue weighted by atomic mass is 16.5. The number of hydrogen-bond acceptors (Lipinski definition) is 6. The summed E-state index contributed by atoms with van der Waals surface area (Å²) < 4.78 is 20.9. The lowest BCUT2D eigenvalue weighted by atomic mass is 10.1. The molecule has 6 nitrogen and oxygen atoms in total. The lowest BCUT2D eigenvalue weighted by Crippen LogP contribution is -2.24. The van der Waals surface area contributed by atoms with Gasteiger partial charge >= 0.3 is 5.97 Å². The van der Waals surface area contributed by atoms with E-state index in [1.807, 2.05) is 6.92 Å². The second-order valence-electron chi connectivity index (χ2n) is 5.44. The Balaban J connectivity index is 2.09. The fourth-order valence-corrected chi connectivity index (χ4v) is 2.36. The van der Waals surface area contributed by atoms with Gasteiger partial charge in [0.2, 0.25) is 5.78 Å². The summed E-state index contributed by atoms with van der Waals surface area (Å²) in [7, 11) is 2.96. The van der Waals surface area contributed by atoms with Gasteiger partial charge in [-0.25, -0.2) is 4.79 Å². The van der Waals surface area contributed by atoms with Gasteiger partial charge in [0.05, 0.1) is 20.8 Å². The quantitative estimate of drug-likeness (QED) is 0.531. The fourth-order valence-electron chi connectivity index (χ4n) is 2.36. The van der Waals surface area contributed by atoms with E-state index in [0.717, 1.165) is 0 Å². The zero-order valence-electron chi connectivity index (χ0n) is 15.3. The number of methoxy groups -OCH3 is 2. The Kier molecular flexibility index (Phi) is 6.60. The molecular weight excluding hydrogens is 336 g/mol. The average Bonchev–Trinajstić information content (AvgIpc) is 2.67. The molecule has 0 fully saturated rings. The number of carbonyl (C=O) groups excluding carboxylic acids is 2. The van der Waals surface area contributed by atoms with Crippen LogP contribution in [0.15, 0.2) is 42.5 Å². The van der Waals surface area contributed by atoms with E-state index in [-0.39, 0.29) is 11.3 Å². The SMILES string of the molecule is CCOc1ccc(C(=O)[C@H](C)OC(=O)c2ccc(OC)cc2OC)cc1. The number of benzene rings is 2. The molecule has 0 saturated heterocycles. The van der Waals surface area contributed by atoms with E-state index < -0.39 is 12.1 Å². The number of Topliss-reactive ketones (excluding diaryl/α,β-unsaturated/α-hetero) is 1. The Morgan fingerprint density at radius 1 is 0.962 bits per heavy atom. The fraction of sp³-hybridized carbons (Fsp3) is 0.300. The molecule has 0 unspecified atom stereocenters. The van der Waals surface area contributed by atoms with Crippen LogP contribution in [0.3, 0.4) is 0 Å². The molecule has 0 spiro atoms. The Hall–Kier alpha value is -3.02. The molecule has 2 aromatic carbocycles. The van der Waals surface area contributed by atoms with E-state index in [4.69, 9.17) is 18.9 Å². The predicted molar refractivity (Wildman–Crippen MR) is 96.4 cm³/mol. The Morgan fingerprint density at radius 2 is 1.62 bits per heavy atom. The van der Waals surface area contributed by atoms with Gasteiger partial charge < -0.3 is 18.9 Å². The predicted octanol–water partition coefficient (Wildman–Crippen LogP) is 3.53. The zero-order valence-corrected chi connectivity index (χ0v) is 15.3. The molecule has 1 atom stereocenters. The number of esters is 1. The van der Waals surface area contributed by atoms with E-state index in [1.54, 1.807) is 36.4 Å². The highest BCUT2D eigenvalue weighted by Gasteiger charge is 2.22. The Morgan fingerprint density at radius 3 is 2.19 bits per heavy atom. The first-order valence-electron chi connectivity index (χ1n) is 8.20. The maximum atomic E-state index is 12.5. The van der Waals surface area contributed by atoms with Crippen LogP contribution in [-0.4, -0.2) is 38.7 Å². The lowest BCUT2D eigenvalue weighted by Gasteiger charge is -2.14. The first-order chi connectivity index (χ1) is 12.5. The van der Waals surface area contributed by atoms with Gasteiger partial charge in [-0.15, -0.1) is 0 Å². The third-order valence-electron chi connectivity index (χ3n) is 3.73. The number of ether oxygens (including phenoxy) is 4. The molecule has 138 valence electrons. The van der Waals surface area contributed by atoms with Crippen molar-refractivity contribution >= 4 is 11.8 Å². The van der Waals surface area contributed by atoms with Gasteiger partial charge in [0.15, 0.2) is 6.10 Å². The third-order valence-corrected chi connectivity index (χ3v) is 3.73. The van der Waals surface area contributed by atoms with E-state index >= 15 is 0 Å². The molecular formula is C20H22O6. The average molecular weight is 358 g/mol. The minimum Gasteiger partial charge on any atom is -0.497 e. The van der Waals surface area contributed by atoms with Crippen LogP contribution in [0.25, 0.3) is 0 Å². The van der Waals surface area contributed by atoms with Gasteiger partial charge in [-0.1, -0.05) is 0 Å². The van der Waals surface area contributed by atoms with Gasteiger partial charge in [0.1, 0.15) is 22.8 Å². The minimum absolute atomic E-state index is 0.222. The molecule has 2 rings (SSSR count). The van der Waals surface area contributed by atoms with E-state index in [9.17, 15) is 9.59 Å². The van der Waals surface area contributed by atoms with E-state index in [0.29, 0.717) is 29.4 Å². The van der Waals surface area contributed by atoms with Crippen molar-refractivity contribution in [1.82, 2.24) is 0 Å². The van der Waals surface area contributed by atoms with Gasteiger partial charge in [0.25, 0.3) is 0 Å². The smallest absolute Gasteiger partial charge is 0.342 e. The number of rotatable bonds is 8. The number of carbonyl (C=O) groups is 2. The van der Waals surface area contributed by atoms with Gasteiger partial charge in [-0.05, 0) is 50.2 Å². The van der Waals surface area contributed by atoms with E-state index in [2.05, 4.69) is 0 Å². The number of hydrogen-bond donors (Lipinski definition) is 0. The van der Waals surface area contributed by atoms with Crippen LogP contribution in [0.4, 0.5) is 0 Å². The van der Waals surface area contributed by atoms with Crippen molar-refractivity contribution in [2.75, 3.05) is 20.8 Å². The molecule has 0 aromatic heterocycles. The molecule has 0 amide bonds. The molecule has 0 aliphatic carbocycles. The zero-order chi connectivity index (χ0) is 19.1. The Bertz CT molecular complexity index is 766.